The molecule has 110 valence electrons. The van der Waals surface area contributed by atoms with Crippen molar-refractivity contribution in [2.24, 2.45) is 11.8 Å². The molecule has 0 amide bonds. The lowest BCUT2D eigenvalue weighted by Crippen LogP contribution is -2.13. The van der Waals surface area contributed by atoms with Crippen molar-refractivity contribution in [3.05, 3.63) is 29.8 Å². The van der Waals surface area contributed by atoms with Crippen molar-refractivity contribution in [2.45, 2.75) is 51.9 Å². The van der Waals surface area contributed by atoms with Crippen LogP contribution in [-0.2, 0) is 0 Å². The Hall–Kier alpha value is -1.31. The van der Waals surface area contributed by atoms with Gasteiger partial charge in [-0.3, -0.25) is 4.79 Å². The summed E-state index contributed by atoms with van der Waals surface area (Å²) in [6.45, 7) is 2.22. The average Bonchev–Trinajstić information content (AvgIpc) is 2.48. The van der Waals surface area contributed by atoms with Gasteiger partial charge in [-0.05, 0) is 42.5 Å². The van der Waals surface area contributed by atoms with Crippen LogP contribution in [0.15, 0.2) is 24.3 Å². The van der Waals surface area contributed by atoms with Crippen LogP contribution in [0.2, 0.25) is 0 Å². The van der Waals surface area contributed by atoms with Gasteiger partial charge in [0.05, 0.1) is 7.11 Å². The maximum Gasteiger partial charge on any atom is 0.163 e. The van der Waals surface area contributed by atoms with Gasteiger partial charge >= 0.3 is 0 Å². The average molecular weight is 274 g/mol. The summed E-state index contributed by atoms with van der Waals surface area (Å²) in [4.78, 5) is 12.3. The highest BCUT2D eigenvalue weighted by molar-refractivity contribution is 5.96. The van der Waals surface area contributed by atoms with Crippen molar-refractivity contribution >= 4 is 5.78 Å². The molecule has 0 spiro atoms. The first kappa shape index (κ1) is 15.1. The SMILES string of the molecule is COc1ccc(C(=O)CC(C)CC2CCCCC2)cc1. The Kier molecular flexibility index (Phi) is 5.63. The van der Waals surface area contributed by atoms with Crippen LogP contribution in [0.25, 0.3) is 0 Å². The van der Waals surface area contributed by atoms with Crippen LogP contribution in [0.3, 0.4) is 0 Å². The van der Waals surface area contributed by atoms with Crippen molar-refractivity contribution in [3.63, 3.8) is 0 Å². The number of carbonyl (C=O) groups excluding carboxylic acids is 1. The Morgan fingerprint density at radius 2 is 1.85 bits per heavy atom. The van der Waals surface area contributed by atoms with E-state index in [0.29, 0.717) is 12.3 Å². The van der Waals surface area contributed by atoms with Crippen LogP contribution < -0.4 is 4.74 Å². The van der Waals surface area contributed by atoms with Crippen LogP contribution in [0.4, 0.5) is 0 Å². The molecule has 20 heavy (non-hydrogen) atoms. The number of methoxy groups -OCH3 is 1. The van der Waals surface area contributed by atoms with Gasteiger partial charge in [-0.1, -0.05) is 39.0 Å². The summed E-state index contributed by atoms with van der Waals surface area (Å²) < 4.78 is 5.12. The van der Waals surface area contributed by atoms with E-state index in [0.717, 1.165) is 17.2 Å². The molecular formula is C18H26O2. The molecule has 2 rings (SSSR count). The first-order chi connectivity index (χ1) is 9.69. The quantitative estimate of drug-likeness (QED) is 0.691. The lowest BCUT2D eigenvalue weighted by atomic mass is 9.81. The first-order valence-electron chi connectivity index (χ1n) is 7.86. The third kappa shape index (κ3) is 4.36. The van der Waals surface area contributed by atoms with Gasteiger partial charge in [0.25, 0.3) is 0 Å². The molecule has 1 atom stereocenters. The topological polar surface area (TPSA) is 26.3 Å². The van der Waals surface area contributed by atoms with Crippen LogP contribution >= 0.6 is 0 Å². The number of carbonyl (C=O) groups is 1. The van der Waals surface area contributed by atoms with E-state index in [4.69, 9.17) is 4.74 Å². The normalized spacial score (nSPS) is 17.7. The standard InChI is InChI=1S/C18H26O2/c1-14(12-15-6-4-3-5-7-15)13-18(19)16-8-10-17(20-2)11-9-16/h8-11,14-15H,3-7,12-13H2,1-2H3. The fourth-order valence-corrected chi connectivity index (χ4v) is 3.29. The molecule has 0 saturated heterocycles. The number of hydrogen-bond donors (Lipinski definition) is 0. The van der Waals surface area contributed by atoms with Gasteiger partial charge in [-0.2, -0.15) is 0 Å². The molecule has 0 bridgehead atoms. The summed E-state index contributed by atoms with van der Waals surface area (Å²) in [6.07, 6.45) is 8.76. The predicted molar refractivity (Wildman–Crippen MR) is 82.3 cm³/mol. The van der Waals surface area contributed by atoms with Crippen LogP contribution in [0.5, 0.6) is 5.75 Å². The van der Waals surface area contributed by atoms with Crippen LogP contribution in [-0.4, -0.2) is 12.9 Å². The zero-order valence-corrected chi connectivity index (χ0v) is 12.7. The highest BCUT2D eigenvalue weighted by Crippen LogP contribution is 2.30. The molecule has 0 aromatic heterocycles. The van der Waals surface area contributed by atoms with E-state index >= 15 is 0 Å². The molecule has 1 aromatic rings. The van der Waals surface area contributed by atoms with E-state index in [2.05, 4.69) is 6.92 Å². The monoisotopic (exact) mass is 274 g/mol. The van der Waals surface area contributed by atoms with E-state index < -0.39 is 0 Å². The van der Waals surface area contributed by atoms with Crippen molar-refractivity contribution < 1.29 is 9.53 Å². The number of Topliss-reactive ketones (excluding diaryl/α,β-unsaturated/α-hetero) is 1. The van der Waals surface area contributed by atoms with Gasteiger partial charge in [0.1, 0.15) is 5.75 Å². The second-order valence-corrected chi connectivity index (χ2v) is 6.20. The second kappa shape index (κ2) is 7.47. The minimum Gasteiger partial charge on any atom is -0.497 e. The Morgan fingerprint density at radius 3 is 2.45 bits per heavy atom. The molecule has 1 aliphatic carbocycles. The zero-order chi connectivity index (χ0) is 14.4. The molecule has 1 fully saturated rings. The molecule has 0 aliphatic heterocycles. The molecule has 0 radical (unpaired) electrons. The minimum atomic E-state index is 0.260. The molecule has 2 heteroatoms. The lowest BCUT2D eigenvalue weighted by molar-refractivity contribution is 0.0956. The summed E-state index contributed by atoms with van der Waals surface area (Å²) >= 11 is 0. The fourth-order valence-electron chi connectivity index (χ4n) is 3.29. The molecule has 1 unspecified atom stereocenters. The highest BCUT2D eigenvalue weighted by atomic mass is 16.5. The largest absolute Gasteiger partial charge is 0.497 e. The summed E-state index contributed by atoms with van der Waals surface area (Å²) in [6, 6.07) is 7.46. The summed E-state index contributed by atoms with van der Waals surface area (Å²) in [5.41, 5.74) is 0.807. The van der Waals surface area contributed by atoms with Crippen molar-refractivity contribution in [1.29, 1.82) is 0 Å². The third-order valence-electron chi connectivity index (χ3n) is 4.41. The van der Waals surface area contributed by atoms with Gasteiger partial charge in [0.15, 0.2) is 5.78 Å². The molecule has 1 aromatic carbocycles. The fraction of sp³-hybridized carbons (Fsp3) is 0.611. The second-order valence-electron chi connectivity index (χ2n) is 6.20. The van der Waals surface area contributed by atoms with Crippen molar-refractivity contribution in [1.82, 2.24) is 0 Å². The van der Waals surface area contributed by atoms with E-state index in [1.165, 1.54) is 38.5 Å². The molecule has 0 N–H and O–H groups in total. The van der Waals surface area contributed by atoms with E-state index in [9.17, 15) is 4.79 Å². The summed E-state index contributed by atoms with van der Waals surface area (Å²) in [5.74, 6) is 2.41. The Morgan fingerprint density at radius 1 is 1.20 bits per heavy atom. The number of hydrogen-bond acceptors (Lipinski definition) is 2. The van der Waals surface area contributed by atoms with Crippen molar-refractivity contribution in [3.8, 4) is 5.75 Å². The third-order valence-corrected chi connectivity index (χ3v) is 4.41. The number of rotatable bonds is 6. The van der Waals surface area contributed by atoms with Gasteiger partial charge in [0, 0.05) is 12.0 Å². The highest BCUT2D eigenvalue weighted by Gasteiger charge is 2.18. The van der Waals surface area contributed by atoms with Gasteiger partial charge < -0.3 is 4.74 Å². The van der Waals surface area contributed by atoms with E-state index in [1.54, 1.807) is 7.11 Å². The predicted octanol–water partition coefficient (Wildman–Crippen LogP) is 4.87. The molecule has 1 aliphatic rings. The number of benzene rings is 1. The van der Waals surface area contributed by atoms with E-state index in [1.807, 2.05) is 24.3 Å². The smallest absolute Gasteiger partial charge is 0.163 e. The van der Waals surface area contributed by atoms with Gasteiger partial charge in [-0.15, -0.1) is 0 Å². The van der Waals surface area contributed by atoms with Gasteiger partial charge in [-0.25, -0.2) is 0 Å². The maximum absolute atomic E-state index is 12.3. The summed E-state index contributed by atoms with van der Waals surface area (Å²) in [5, 5.41) is 0. The molecule has 2 nitrogen and oxygen atoms in total. The molecule has 0 heterocycles. The Labute approximate surface area is 122 Å². The van der Waals surface area contributed by atoms with Gasteiger partial charge in [0.2, 0.25) is 0 Å². The number of ketones is 1. The number of ether oxygens (including phenoxy) is 1. The Bertz CT molecular complexity index is 416. The first-order valence-corrected chi connectivity index (χ1v) is 7.86. The van der Waals surface area contributed by atoms with Crippen LogP contribution in [0.1, 0.15) is 62.2 Å². The zero-order valence-electron chi connectivity index (χ0n) is 12.7. The summed E-state index contributed by atoms with van der Waals surface area (Å²) in [7, 11) is 1.64. The van der Waals surface area contributed by atoms with E-state index in [-0.39, 0.29) is 5.78 Å². The Balaban J connectivity index is 1.82. The van der Waals surface area contributed by atoms with Crippen LogP contribution in [0, 0.1) is 11.8 Å². The van der Waals surface area contributed by atoms with Crippen molar-refractivity contribution in [2.75, 3.05) is 7.11 Å². The minimum absolute atomic E-state index is 0.260. The molecule has 1 saturated carbocycles. The maximum atomic E-state index is 12.3. The lowest BCUT2D eigenvalue weighted by Gasteiger charge is -2.24. The molecular weight excluding hydrogens is 248 g/mol.